The van der Waals surface area contributed by atoms with Crippen molar-refractivity contribution in [2.24, 2.45) is 5.92 Å². The fourth-order valence-electron chi connectivity index (χ4n) is 3.17. The fourth-order valence-corrected chi connectivity index (χ4v) is 3.17. The Hall–Kier alpha value is -2.10. The Bertz CT molecular complexity index is 651. The van der Waals surface area contributed by atoms with Crippen LogP contribution in [0.4, 0.5) is 17.3 Å². The molecule has 21 heavy (non-hydrogen) atoms. The van der Waals surface area contributed by atoms with E-state index in [2.05, 4.69) is 59.9 Å². The number of aromatic nitrogens is 2. The molecule has 0 saturated heterocycles. The van der Waals surface area contributed by atoms with E-state index in [1.807, 2.05) is 0 Å². The second kappa shape index (κ2) is 5.35. The summed E-state index contributed by atoms with van der Waals surface area (Å²) < 4.78 is 0. The van der Waals surface area contributed by atoms with E-state index in [4.69, 9.17) is 5.73 Å². The summed E-state index contributed by atoms with van der Waals surface area (Å²) in [6, 6.07) is 8.56. The quantitative estimate of drug-likeness (QED) is 0.915. The number of benzene rings is 1. The largest absolute Gasteiger partial charge is 0.383 e. The smallest absolute Gasteiger partial charge is 0.142 e. The molecule has 0 bridgehead atoms. The topological polar surface area (TPSA) is 55.0 Å². The van der Waals surface area contributed by atoms with E-state index in [0.29, 0.717) is 17.7 Å². The Balaban J connectivity index is 2.15. The summed E-state index contributed by atoms with van der Waals surface area (Å²) in [5.74, 6) is 2.43. The van der Waals surface area contributed by atoms with Gasteiger partial charge in [-0.2, -0.15) is 0 Å². The molecular weight excluding hydrogens is 260 g/mol. The van der Waals surface area contributed by atoms with Crippen LogP contribution < -0.4 is 10.6 Å². The lowest BCUT2D eigenvalue weighted by Crippen LogP contribution is -2.32. The summed E-state index contributed by atoms with van der Waals surface area (Å²) in [4.78, 5) is 11.0. The minimum Gasteiger partial charge on any atom is -0.383 e. The number of anilines is 3. The predicted octanol–water partition coefficient (Wildman–Crippen LogP) is 3.51. The van der Waals surface area contributed by atoms with Crippen LogP contribution in [0.5, 0.6) is 0 Å². The van der Waals surface area contributed by atoms with E-state index in [-0.39, 0.29) is 0 Å². The van der Waals surface area contributed by atoms with Crippen molar-refractivity contribution >= 4 is 17.3 Å². The minimum absolute atomic E-state index is 0.297. The van der Waals surface area contributed by atoms with Crippen LogP contribution in [0, 0.1) is 5.92 Å². The lowest BCUT2D eigenvalue weighted by molar-refractivity contribution is 0.558. The summed E-state index contributed by atoms with van der Waals surface area (Å²) in [7, 11) is 0. The molecular formula is C17H22N4. The van der Waals surface area contributed by atoms with Crippen molar-refractivity contribution in [2.45, 2.75) is 33.1 Å². The molecule has 0 amide bonds. The zero-order chi connectivity index (χ0) is 15.0. The molecule has 0 fully saturated rings. The van der Waals surface area contributed by atoms with E-state index in [9.17, 15) is 0 Å². The van der Waals surface area contributed by atoms with Crippen LogP contribution >= 0.6 is 0 Å². The van der Waals surface area contributed by atoms with Crippen LogP contribution in [-0.4, -0.2) is 16.5 Å². The number of fused-ring (bicyclic) bond motifs is 1. The molecule has 110 valence electrons. The third kappa shape index (κ3) is 2.46. The van der Waals surface area contributed by atoms with Gasteiger partial charge in [0.1, 0.15) is 18.0 Å². The third-order valence-corrected chi connectivity index (χ3v) is 4.07. The van der Waals surface area contributed by atoms with Crippen molar-refractivity contribution in [3.05, 3.63) is 41.7 Å². The number of rotatable bonds is 2. The first-order chi connectivity index (χ1) is 10.1. The highest BCUT2D eigenvalue weighted by molar-refractivity contribution is 5.70. The van der Waals surface area contributed by atoms with Crippen LogP contribution in [0.3, 0.4) is 0 Å². The molecule has 0 radical (unpaired) electrons. The second-order valence-corrected chi connectivity index (χ2v) is 6.20. The van der Waals surface area contributed by atoms with Crippen molar-refractivity contribution in [1.82, 2.24) is 9.97 Å². The van der Waals surface area contributed by atoms with E-state index >= 15 is 0 Å². The highest BCUT2D eigenvalue weighted by Crippen LogP contribution is 2.38. The highest BCUT2D eigenvalue weighted by Gasteiger charge is 2.26. The average molecular weight is 282 g/mol. The standard InChI is InChI=1S/C17H22N4/c1-11(2)15-16(18)19-10-20-17(15)21-9-12(3)8-13-6-4-5-7-14(13)21/h4-7,10-12H,8-9H2,1-3H3,(H2,18,19,20). The molecule has 0 spiro atoms. The van der Waals surface area contributed by atoms with Crippen molar-refractivity contribution in [1.29, 1.82) is 0 Å². The summed E-state index contributed by atoms with van der Waals surface area (Å²) in [5, 5.41) is 0. The maximum absolute atomic E-state index is 6.11. The van der Waals surface area contributed by atoms with Gasteiger partial charge in [-0.05, 0) is 29.9 Å². The summed E-state index contributed by atoms with van der Waals surface area (Å²) >= 11 is 0. The monoisotopic (exact) mass is 282 g/mol. The molecule has 3 rings (SSSR count). The van der Waals surface area contributed by atoms with Gasteiger partial charge < -0.3 is 10.6 Å². The van der Waals surface area contributed by atoms with E-state index in [0.717, 1.165) is 24.3 Å². The van der Waals surface area contributed by atoms with Gasteiger partial charge >= 0.3 is 0 Å². The number of hydrogen-bond donors (Lipinski definition) is 1. The van der Waals surface area contributed by atoms with Gasteiger partial charge in [-0.1, -0.05) is 39.0 Å². The SMILES string of the molecule is CC1Cc2ccccc2N(c2ncnc(N)c2C(C)C)C1. The van der Waals surface area contributed by atoms with Crippen LogP contribution in [0.15, 0.2) is 30.6 Å². The van der Waals surface area contributed by atoms with Crippen LogP contribution in [-0.2, 0) is 6.42 Å². The first-order valence-electron chi connectivity index (χ1n) is 7.53. The van der Waals surface area contributed by atoms with Gasteiger partial charge in [-0.3, -0.25) is 0 Å². The molecule has 1 aromatic heterocycles. The minimum atomic E-state index is 0.297. The van der Waals surface area contributed by atoms with E-state index in [1.54, 1.807) is 6.33 Å². The van der Waals surface area contributed by atoms with E-state index in [1.165, 1.54) is 11.3 Å². The van der Waals surface area contributed by atoms with Gasteiger partial charge in [0.2, 0.25) is 0 Å². The molecule has 1 aliphatic rings. The number of nitrogens with two attached hydrogens (primary N) is 1. The van der Waals surface area contributed by atoms with Crippen LogP contribution in [0.2, 0.25) is 0 Å². The molecule has 0 aliphatic carbocycles. The van der Waals surface area contributed by atoms with Gasteiger partial charge in [0, 0.05) is 17.8 Å². The Labute approximate surface area is 126 Å². The molecule has 1 aliphatic heterocycles. The molecule has 4 nitrogen and oxygen atoms in total. The molecule has 1 aromatic carbocycles. The van der Waals surface area contributed by atoms with Gasteiger partial charge in [-0.25, -0.2) is 9.97 Å². The first kappa shape index (κ1) is 13.9. The van der Waals surface area contributed by atoms with Crippen molar-refractivity contribution in [2.75, 3.05) is 17.2 Å². The maximum atomic E-state index is 6.11. The Morgan fingerprint density at radius 3 is 2.76 bits per heavy atom. The first-order valence-corrected chi connectivity index (χ1v) is 7.53. The van der Waals surface area contributed by atoms with Gasteiger partial charge in [0.05, 0.1) is 0 Å². The third-order valence-electron chi connectivity index (χ3n) is 4.07. The molecule has 2 aromatic rings. The van der Waals surface area contributed by atoms with E-state index < -0.39 is 0 Å². The maximum Gasteiger partial charge on any atom is 0.142 e. The van der Waals surface area contributed by atoms with Crippen molar-refractivity contribution in [3.8, 4) is 0 Å². The molecule has 2 N–H and O–H groups in total. The van der Waals surface area contributed by atoms with Crippen molar-refractivity contribution in [3.63, 3.8) is 0 Å². The molecule has 2 heterocycles. The van der Waals surface area contributed by atoms with Gasteiger partial charge in [0.15, 0.2) is 0 Å². The van der Waals surface area contributed by atoms with Crippen molar-refractivity contribution < 1.29 is 0 Å². The second-order valence-electron chi connectivity index (χ2n) is 6.20. The summed E-state index contributed by atoms with van der Waals surface area (Å²) in [6.07, 6.45) is 2.68. The lowest BCUT2D eigenvalue weighted by Gasteiger charge is -2.35. The summed E-state index contributed by atoms with van der Waals surface area (Å²) in [6.45, 7) is 7.52. The normalized spacial score (nSPS) is 17.9. The number of hydrogen-bond acceptors (Lipinski definition) is 4. The average Bonchev–Trinajstić information content (AvgIpc) is 2.45. The molecule has 4 heteroatoms. The predicted molar refractivity (Wildman–Crippen MR) is 86.8 cm³/mol. The number of nitrogens with zero attached hydrogens (tertiary/aromatic N) is 3. The summed E-state index contributed by atoms with van der Waals surface area (Å²) in [5.41, 5.74) is 9.77. The number of para-hydroxylation sites is 1. The van der Waals surface area contributed by atoms with Gasteiger partial charge in [0.25, 0.3) is 0 Å². The Morgan fingerprint density at radius 2 is 2.00 bits per heavy atom. The van der Waals surface area contributed by atoms with Gasteiger partial charge in [-0.15, -0.1) is 0 Å². The van der Waals surface area contributed by atoms with Crippen LogP contribution in [0.25, 0.3) is 0 Å². The number of nitrogen functional groups attached to an aromatic ring is 1. The highest BCUT2D eigenvalue weighted by atomic mass is 15.2. The molecule has 0 saturated carbocycles. The lowest BCUT2D eigenvalue weighted by atomic mass is 9.93. The fraction of sp³-hybridized carbons (Fsp3) is 0.412. The van der Waals surface area contributed by atoms with Crippen LogP contribution in [0.1, 0.15) is 37.8 Å². The zero-order valence-corrected chi connectivity index (χ0v) is 12.9. The molecule has 1 unspecified atom stereocenters. The Kier molecular flexibility index (Phi) is 3.53. The molecule has 1 atom stereocenters. The Morgan fingerprint density at radius 1 is 1.24 bits per heavy atom. The zero-order valence-electron chi connectivity index (χ0n) is 12.9.